The van der Waals surface area contributed by atoms with E-state index < -0.39 is 12.0 Å². The van der Waals surface area contributed by atoms with Crippen LogP contribution in [0.25, 0.3) is 0 Å². The minimum absolute atomic E-state index is 0.144. The third-order valence-corrected chi connectivity index (χ3v) is 3.53. The minimum atomic E-state index is -1.00. The number of aliphatic carboxylic acids is 1. The number of hydrogen-bond acceptors (Lipinski definition) is 3. The molecule has 1 rings (SSSR count). The number of hydrogen-bond donors (Lipinski definition) is 2. The molecule has 1 amide bonds. The van der Waals surface area contributed by atoms with Crippen molar-refractivity contribution >= 4 is 11.9 Å². The van der Waals surface area contributed by atoms with E-state index in [4.69, 9.17) is 9.84 Å². The summed E-state index contributed by atoms with van der Waals surface area (Å²) in [4.78, 5) is 22.8. The molecule has 0 spiro atoms. The van der Waals surface area contributed by atoms with E-state index in [1.807, 2.05) is 24.3 Å². The number of benzene rings is 1. The molecule has 0 radical (unpaired) electrons. The van der Waals surface area contributed by atoms with Gasteiger partial charge in [-0.3, -0.25) is 4.79 Å². The van der Waals surface area contributed by atoms with Crippen LogP contribution in [-0.2, 0) is 16.0 Å². The Morgan fingerprint density at radius 2 is 1.87 bits per heavy atom. The second-order valence-corrected chi connectivity index (χ2v) is 5.97. The van der Waals surface area contributed by atoms with Gasteiger partial charge in [-0.05, 0) is 36.5 Å². The van der Waals surface area contributed by atoms with Gasteiger partial charge in [0.25, 0.3) is 0 Å². The molecule has 1 aromatic carbocycles. The van der Waals surface area contributed by atoms with Crippen molar-refractivity contribution in [1.82, 2.24) is 5.32 Å². The van der Waals surface area contributed by atoms with Gasteiger partial charge in [-0.25, -0.2) is 4.79 Å². The van der Waals surface area contributed by atoms with E-state index >= 15 is 0 Å². The molecule has 0 saturated carbocycles. The number of carboxylic acids is 1. The quantitative estimate of drug-likeness (QED) is 0.650. The monoisotopic (exact) mass is 321 g/mol. The van der Waals surface area contributed by atoms with Gasteiger partial charge in [-0.1, -0.05) is 39.3 Å². The number of amides is 1. The maximum Gasteiger partial charge on any atom is 0.326 e. The topological polar surface area (TPSA) is 75.6 Å². The lowest BCUT2D eigenvalue weighted by atomic mass is 10.0. The van der Waals surface area contributed by atoms with Crippen molar-refractivity contribution in [1.29, 1.82) is 0 Å². The van der Waals surface area contributed by atoms with E-state index in [-0.39, 0.29) is 18.2 Å². The lowest BCUT2D eigenvalue weighted by Crippen LogP contribution is -2.44. The third-order valence-electron chi connectivity index (χ3n) is 3.53. The van der Waals surface area contributed by atoms with Crippen molar-refractivity contribution in [2.24, 2.45) is 5.92 Å². The number of rotatable bonds is 10. The Balaban J connectivity index is 2.28. The molecule has 0 aliphatic heterocycles. The van der Waals surface area contributed by atoms with Gasteiger partial charge >= 0.3 is 5.97 Å². The minimum Gasteiger partial charge on any atom is -0.494 e. The first-order valence-electron chi connectivity index (χ1n) is 8.18. The Kier molecular flexibility index (Phi) is 8.16. The lowest BCUT2D eigenvalue weighted by molar-refractivity contribution is -0.143. The molecule has 0 saturated heterocycles. The van der Waals surface area contributed by atoms with Crippen LogP contribution in [-0.4, -0.2) is 29.6 Å². The zero-order valence-corrected chi connectivity index (χ0v) is 14.2. The lowest BCUT2D eigenvalue weighted by Gasteiger charge is -2.17. The Hall–Kier alpha value is -2.04. The smallest absolute Gasteiger partial charge is 0.326 e. The van der Waals surface area contributed by atoms with Crippen LogP contribution in [0.4, 0.5) is 0 Å². The molecule has 5 nitrogen and oxygen atoms in total. The first-order chi connectivity index (χ1) is 10.9. The predicted octanol–water partition coefficient (Wildman–Crippen LogP) is 3.02. The van der Waals surface area contributed by atoms with Gasteiger partial charge in [0, 0.05) is 6.42 Å². The molecule has 0 heterocycles. The molecule has 128 valence electrons. The highest BCUT2D eigenvalue weighted by Crippen LogP contribution is 2.13. The Labute approximate surface area is 138 Å². The summed E-state index contributed by atoms with van der Waals surface area (Å²) in [5, 5.41) is 11.6. The third kappa shape index (κ3) is 7.17. The first kappa shape index (κ1) is 19.0. The first-order valence-corrected chi connectivity index (χ1v) is 8.18. The van der Waals surface area contributed by atoms with E-state index in [2.05, 4.69) is 12.2 Å². The van der Waals surface area contributed by atoms with Crippen molar-refractivity contribution in [2.45, 2.75) is 52.5 Å². The van der Waals surface area contributed by atoms with Crippen LogP contribution in [0.2, 0.25) is 0 Å². The van der Waals surface area contributed by atoms with Crippen LogP contribution < -0.4 is 10.1 Å². The second kappa shape index (κ2) is 9.87. The van der Waals surface area contributed by atoms with Crippen molar-refractivity contribution in [3.63, 3.8) is 0 Å². The maximum atomic E-state index is 11.8. The summed E-state index contributed by atoms with van der Waals surface area (Å²) < 4.78 is 5.59. The van der Waals surface area contributed by atoms with Crippen LogP contribution in [0.15, 0.2) is 24.3 Å². The van der Waals surface area contributed by atoms with Crippen molar-refractivity contribution in [2.75, 3.05) is 6.61 Å². The zero-order chi connectivity index (χ0) is 17.2. The summed E-state index contributed by atoms with van der Waals surface area (Å²) in [7, 11) is 0. The summed E-state index contributed by atoms with van der Waals surface area (Å²) in [6.07, 6.45) is 2.97. The van der Waals surface area contributed by atoms with E-state index in [1.165, 1.54) is 5.56 Å². The van der Waals surface area contributed by atoms with Gasteiger partial charge in [0.1, 0.15) is 11.8 Å². The number of carbonyl (C=O) groups is 2. The second-order valence-electron chi connectivity index (χ2n) is 5.97. The predicted molar refractivity (Wildman–Crippen MR) is 89.6 cm³/mol. The molecule has 2 N–H and O–H groups in total. The molecular formula is C18H27NO4. The summed E-state index contributed by atoms with van der Waals surface area (Å²) in [6.45, 7) is 6.11. The van der Waals surface area contributed by atoms with Crippen LogP contribution in [0.1, 0.15) is 45.6 Å². The fourth-order valence-corrected chi connectivity index (χ4v) is 2.22. The molecule has 1 aromatic rings. The maximum absolute atomic E-state index is 11.8. The number of carboxylic acid groups (broad SMARTS) is 1. The normalized spacial score (nSPS) is 12.0. The largest absolute Gasteiger partial charge is 0.494 e. The summed E-state index contributed by atoms with van der Waals surface area (Å²) in [5.74, 6) is -0.616. The Bertz CT molecular complexity index is 496. The average Bonchev–Trinajstić information content (AvgIpc) is 2.50. The Morgan fingerprint density at radius 3 is 2.39 bits per heavy atom. The van der Waals surface area contributed by atoms with E-state index in [9.17, 15) is 9.59 Å². The SMILES string of the molecule is CCCc1ccc(OCCCC(=O)NC(C(=O)O)C(C)C)cc1. The van der Waals surface area contributed by atoms with Crippen molar-refractivity contribution < 1.29 is 19.4 Å². The Morgan fingerprint density at radius 1 is 1.22 bits per heavy atom. The van der Waals surface area contributed by atoms with Gasteiger partial charge < -0.3 is 15.2 Å². The van der Waals surface area contributed by atoms with Gasteiger partial charge in [0.15, 0.2) is 0 Å². The van der Waals surface area contributed by atoms with Gasteiger partial charge in [-0.15, -0.1) is 0 Å². The standard InChI is InChI=1S/C18H27NO4/c1-4-6-14-8-10-15(11-9-14)23-12-5-7-16(20)19-17(13(2)3)18(21)22/h8-11,13,17H,4-7,12H2,1-3H3,(H,19,20)(H,21,22). The van der Waals surface area contributed by atoms with Gasteiger partial charge in [0.05, 0.1) is 6.61 Å². The molecule has 5 heteroatoms. The van der Waals surface area contributed by atoms with Crippen LogP contribution in [0, 0.1) is 5.92 Å². The fourth-order valence-electron chi connectivity index (χ4n) is 2.22. The van der Waals surface area contributed by atoms with E-state index in [0.717, 1.165) is 18.6 Å². The highest BCUT2D eigenvalue weighted by Gasteiger charge is 2.22. The summed E-state index contributed by atoms with van der Waals surface area (Å²) >= 11 is 0. The zero-order valence-electron chi connectivity index (χ0n) is 14.2. The highest BCUT2D eigenvalue weighted by atomic mass is 16.5. The average molecular weight is 321 g/mol. The van der Waals surface area contributed by atoms with Gasteiger partial charge in [0.2, 0.25) is 5.91 Å². The highest BCUT2D eigenvalue weighted by molar-refractivity contribution is 5.83. The van der Waals surface area contributed by atoms with Crippen LogP contribution >= 0.6 is 0 Å². The molecule has 0 aliphatic carbocycles. The number of aryl methyl sites for hydroxylation is 1. The number of nitrogens with one attached hydrogen (secondary N) is 1. The summed E-state index contributed by atoms with van der Waals surface area (Å²) in [6, 6.07) is 7.13. The fraction of sp³-hybridized carbons (Fsp3) is 0.556. The molecule has 1 atom stereocenters. The molecule has 1 unspecified atom stereocenters. The molecule has 0 aromatic heterocycles. The van der Waals surface area contributed by atoms with E-state index in [1.54, 1.807) is 13.8 Å². The molecule has 23 heavy (non-hydrogen) atoms. The molecule has 0 fully saturated rings. The van der Waals surface area contributed by atoms with Crippen LogP contribution in [0.5, 0.6) is 5.75 Å². The van der Waals surface area contributed by atoms with Gasteiger partial charge in [-0.2, -0.15) is 0 Å². The van der Waals surface area contributed by atoms with Crippen molar-refractivity contribution in [3.05, 3.63) is 29.8 Å². The number of carbonyl (C=O) groups excluding carboxylic acids is 1. The summed E-state index contributed by atoms with van der Waals surface area (Å²) in [5.41, 5.74) is 1.28. The number of ether oxygens (including phenoxy) is 1. The van der Waals surface area contributed by atoms with Crippen LogP contribution in [0.3, 0.4) is 0 Å². The van der Waals surface area contributed by atoms with Crippen molar-refractivity contribution in [3.8, 4) is 5.75 Å². The molecule has 0 bridgehead atoms. The van der Waals surface area contributed by atoms with E-state index in [0.29, 0.717) is 13.0 Å². The molecule has 0 aliphatic rings. The molecular weight excluding hydrogens is 294 g/mol.